The lowest BCUT2D eigenvalue weighted by molar-refractivity contribution is -0.137. The van der Waals surface area contributed by atoms with Gasteiger partial charge in [0.05, 0.1) is 27.5 Å². The van der Waals surface area contributed by atoms with Gasteiger partial charge in [-0.1, -0.05) is 23.2 Å². The monoisotopic (exact) mass is 402 g/mol. The highest BCUT2D eigenvalue weighted by molar-refractivity contribution is 7.62. The Balaban J connectivity index is 2.63. The third-order valence-corrected chi connectivity index (χ3v) is 5.88. The molecule has 1 aromatic carbocycles. The Hall–Kier alpha value is -1.05. The lowest BCUT2D eigenvalue weighted by Crippen LogP contribution is -2.12. The first-order valence-electron chi connectivity index (χ1n) is 6.38. The number of rotatable bonds is 4. The zero-order valence-corrected chi connectivity index (χ0v) is 15.1. The van der Waals surface area contributed by atoms with E-state index >= 15 is 0 Å². The molecule has 0 aliphatic rings. The minimum Gasteiger partial charge on any atom is -0.308 e. The summed E-state index contributed by atoms with van der Waals surface area (Å²) < 4.78 is 61.8. The van der Waals surface area contributed by atoms with Crippen LogP contribution in [0.25, 0.3) is 5.69 Å². The Morgan fingerprint density at radius 3 is 2.08 bits per heavy atom. The van der Waals surface area contributed by atoms with E-state index < -0.39 is 19.3 Å². The van der Waals surface area contributed by atoms with Crippen molar-refractivity contribution in [1.82, 2.24) is 9.78 Å². The molecule has 0 spiro atoms. The number of benzene rings is 1. The minimum atomic E-state index is -4.59. The quantitative estimate of drug-likeness (QED) is 0.700. The van der Waals surface area contributed by atoms with Crippen molar-refractivity contribution >= 4 is 36.1 Å². The fourth-order valence-corrected chi connectivity index (χ4v) is 3.97. The highest BCUT2D eigenvalue weighted by atomic mass is 35.5. The van der Waals surface area contributed by atoms with E-state index in [2.05, 4.69) is 5.10 Å². The molecule has 2 aromatic rings. The standard InChI is InChI=1S/C13H12Cl2F3N2O3P/c1-7-11(24(21,22-2)23-3)6-19-20(7)12-9(14)4-8(5-10(12)15)13(16,17)18/h4-6H,1-3H3. The smallest absolute Gasteiger partial charge is 0.308 e. The van der Waals surface area contributed by atoms with Crippen LogP contribution in [0.4, 0.5) is 13.2 Å². The van der Waals surface area contributed by atoms with Gasteiger partial charge in [-0.2, -0.15) is 18.3 Å². The highest BCUT2D eigenvalue weighted by Gasteiger charge is 2.34. The van der Waals surface area contributed by atoms with Gasteiger partial charge in [0.15, 0.2) is 0 Å². The van der Waals surface area contributed by atoms with Crippen molar-refractivity contribution in [2.75, 3.05) is 14.2 Å². The maximum Gasteiger partial charge on any atom is 0.416 e. The molecular weight excluding hydrogens is 391 g/mol. The zero-order valence-electron chi connectivity index (χ0n) is 12.7. The summed E-state index contributed by atoms with van der Waals surface area (Å²) in [4.78, 5) is 0. The predicted octanol–water partition coefficient (Wildman–Crippen LogP) is 4.62. The Labute approximate surface area is 145 Å². The molecule has 2 rings (SSSR count). The minimum absolute atomic E-state index is 0.0360. The normalized spacial score (nSPS) is 12.7. The molecule has 0 amide bonds. The van der Waals surface area contributed by atoms with Crippen LogP contribution in [0.15, 0.2) is 18.3 Å². The van der Waals surface area contributed by atoms with Gasteiger partial charge >= 0.3 is 13.8 Å². The Kier molecular flexibility index (Phi) is 5.37. The van der Waals surface area contributed by atoms with Crippen LogP contribution in [0.3, 0.4) is 0 Å². The van der Waals surface area contributed by atoms with E-state index in [1.165, 1.54) is 32.0 Å². The average molecular weight is 403 g/mol. The van der Waals surface area contributed by atoms with Crippen molar-refractivity contribution in [3.8, 4) is 5.69 Å². The summed E-state index contributed by atoms with van der Waals surface area (Å²) in [5, 5.41) is 3.64. The van der Waals surface area contributed by atoms with Crippen molar-refractivity contribution in [2.45, 2.75) is 13.1 Å². The first-order valence-corrected chi connectivity index (χ1v) is 8.68. The topological polar surface area (TPSA) is 53.4 Å². The molecule has 1 aromatic heterocycles. The first-order chi connectivity index (χ1) is 11.0. The molecule has 0 radical (unpaired) electrons. The summed E-state index contributed by atoms with van der Waals surface area (Å²) in [7, 11) is -1.17. The largest absolute Gasteiger partial charge is 0.416 e. The number of hydrogen-bond donors (Lipinski definition) is 0. The van der Waals surface area contributed by atoms with Crippen LogP contribution >= 0.6 is 30.8 Å². The van der Waals surface area contributed by atoms with E-state index in [0.717, 1.165) is 12.1 Å². The molecule has 0 aliphatic carbocycles. The molecule has 11 heteroatoms. The zero-order chi connectivity index (χ0) is 18.3. The first kappa shape index (κ1) is 19.3. The summed E-state index contributed by atoms with van der Waals surface area (Å²) in [5.41, 5.74) is -0.634. The molecule has 0 aliphatic heterocycles. The molecule has 0 saturated heterocycles. The Bertz CT molecular complexity index is 792. The average Bonchev–Trinajstić information content (AvgIpc) is 2.87. The van der Waals surface area contributed by atoms with E-state index in [0.29, 0.717) is 5.69 Å². The van der Waals surface area contributed by atoms with Gasteiger partial charge in [0.25, 0.3) is 0 Å². The number of nitrogens with zero attached hydrogens (tertiary/aromatic N) is 2. The number of alkyl halides is 3. The molecule has 5 nitrogen and oxygen atoms in total. The van der Waals surface area contributed by atoms with Gasteiger partial charge in [-0.25, -0.2) is 4.68 Å². The maximum atomic E-state index is 12.8. The Morgan fingerprint density at radius 1 is 1.17 bits per heavy atom. The van der Waals surface area contributed by atoms with E-state index in [9.17, 15) is 17.7 Å². The van der Waals surface area contributed by atoms with E-state index in [4.69, 9.17) is 32.2 Å². The second-order valence-corrected chi connectivity index (χ2v) is 7.70. The molecule has 132 valence electrons. The molecule has 24 heavy (non-hydrogen) atoms. The fraction of sp³-hybridized carbons (Fsp3) is 0.308. The number of aromatic nitrogens is 2. The number of hydrogen-bond acceptors (Lipinski definition) is 4. The molecule has 0 unspecified atom stereocenters. The van der Waals surface area contributed by atoms with Gasteiger partial charge < -0.3 is 9.05 Å². The molecule has 1 heterocycles. The summed E-state index contributed by atoms with van der Waals surface area (Å²) in [6.45, 7) is 1.54. The third-order valence-electron chi connectivity index (χ3n) is 3.32. The second-order valence-electron chi connectivity index (χ2n) is 4.68. The van der Waals surface area contributed by atoms with Gasteiger partial charge in [0.1, 0.15) is 11.0 Å². The SMILES string of the molecule is COP(=O)(OC)c1cnn(-c2c(Cl)cc(C(F)(F)F)cc2Cl)c1C. The Morgan fingerprint density at radius 2 is 1.67 bits per heavy atom. The predicted molar refractivity (Wildman–Crippen MR) is 84.6 cm³/mol. The van der Waals surface area contributed by atoms with E-state index in [1.807, 2.05) is 0 Å². The van der Waals surface area contributed by atoms with Crippen molar-refractivity contribution in [1.29, 1.82) is 0 Å². The maximum absolute atomic E-state index is 12.8. The lowest BCUT2D eigenvalue weighted by Gasteiger charge is -2.15. The van der Waals surface area contributed by atoms with Crippen LogP contribution in [0.2, 0.25) is 10.0 Å². The van der Waals surface area contributed by atoms with Crippen molar-refractivity contribution in [3.63, 3.8) is 0 Å². The summed E-state index contributed by atoms with van der Waals surface area (Å²) in [6.07, 6.45) is -3.36. The van der Waals surface area contributed by atoms with Gasteiger partial charge in [-0.3, -0.25) is 4.57 Å². The van der Waals surface area contributed by atoms with E-state index in [1.54, 1.807) is 0 Å². The van der Waals surface area contributed by atoms with Gasteiger partial charge in [0.2, 0.25) is 0 Å². The molecule has 0 N–H and O–H groups in total. The number of halogens is 5. The van der Waals surface area contributed by atoms with Crippen LogP contribution in [-0.4, -0.2) is 24.0 Å². The molecule has 0 saturated carbocycles. The highest BCUT2D eigenvalue weighted by Crippen LogP contribution is 2.46. The molecular formula is C13H12Cl2F3N2O3P. The van der Waals surface area contributed by atoms with Crippen molar-refractivity contribution in [2.24, 2.45) is 0 Å². The van der Waals surface area contributed by atoms with Gasteiger partial charge in [-0.15, -0.1) is 0 Å². The summed E-state index contributed by atoms with van der Waals surface area (Å²) in [5.74, 6) is 0. The lowest BCUT2D eigenvalue weighted by atomic mass is 10.2. The van der Waals surface area contributed by atoms with Crippen LogP contribution < -0.4 is 5.30 Å². The summed E-state index contributed by atoms with van der Waals surface area (Å²) >= 11 is 11.9. The molecule has 0 fully saturated rings. The van der Waals surface area contributed by atoms with Crippen LogP contribution in [0, 0.1) is 6.92 Å². The third kappa shape index (κ3) is 3.34. The summed E-state index contributed by atoms with van der Waals surface area (Å²) in [6, 6.07) is 1.49. The van der Waals surface area contributed by atoms with E-state index in [-0.39, 0.29) is 21.0 Å². The second kappa shape index (κ2) is 6.69. The fourth-order valence-electron chi connectivity index (χ4n) is 2.10. The van der Waals surface area contributed by atoms with Crippen LogP contribution in [0.1, 0.15) is 11.3 Å². The van der Waals surface area contributed by atoms with Crippen LogP contribution in [0.5, 0.6) is 0 Å². The molecule has 0 atom stereocenters. The van der Waals surface area contributed by atoms with Gasteiger partial charge in [-0.05, 0) is 19.1 Å². The van der Waals surface area contributed by atoms with Crippen molar-refractivity contribution in [3.05, 3.63) is 39.6 Å². The van der Waals surface area contributed by atoms with Crippen molar-refractivity contribution < 1.29 is 26.8 Å². The van der Waals surface area contributed by atoms with Gasteiger partial charge in [0, 0.05) is 14.2 Å². The molecule has 0 bridgehead atoms. The van der Waals surface area contributed by atoms with Crippen LogP contribution in [-0.2, 0) is 19.8 Å².